The number of nitrogens with one attached hydrogen (secondary N) is 1. The van der Waals surface area contributed by atoms with E-state index >= 15 is 0 Å². The van der Waals surface area contributed by atoms with Crippen molar-refractivity contribution in [1.29, 1.82) is 0 Å². The minimum Gasteiger partial charge on any atom is -0.428 e. The summed E-state index contributed by atoms with van der Waals surface area (Å²) in [5, 5.41) is 5.33. The summed E-state index contributed by atoms with van der Waals surface area (Å²) in [4.78, 5) is 36.1. The van der Waals surface area contributed by atoms with E-state index in [0.717, 1.165) is 34.7 Å². The molecule has 0 bridgehead atoms. The molecule has 0 radical (unpaired) electrons. The minimum atomic E-state index is -0.716. The number of hydroxylamine groups is 2. The van der Waals surface area contributed by atoms with Gasteiger partial charge in [-0.05, 0) is 42.7 Å². The Bertz CT molecular complexity index is 1320. The number of rotatable bonds is 5. The summed E-state index contributed by atoms with van der Waals surface area (Å²) < 4.78 is 10.3. The fraction of sp³-hybridized carbons (Fsp3) is 0.261. The van der Waals surface area contributed by atoms with Gasteiger partial charge in [0.15, 0.2) is 5.58 Å². The molecule has 5 rings (SSSR count). The zero-order valence-corrected chi connectivity index (χ0v) is 19.0. The van der Waals surface area contributed by atoms with Crippen LogP contribution >= 0.6 is 22.9 Å². The largest absolute Gasteiger partial charge is 0.528 e. The van der Waals surface area contributed by atoms with Crippen LogP contribution in [-0.2, 0) is 16.2 Å². The number of oxazole rings is 1. The Balaban J connectivity index is 1.13. The number of H-pyrrole nitrogens is 1. The Morgan fingerprint density at radius 3 is 2.79 bits per heavy atom. The van der Waals surface area contributed by atoms with Crippen molar-refractivity contribution in [3.8, 4) is 11.3 Å². The van der Waals surface area contributed by atoms with Crippen LogP contribution in [0, 0.1) is 0 Å². The van der Waals surface area contributed by atoms with Crippen molar-refractivity contribution in [2.75, 3.05) is 13.1 Å². The van der Waals surface area contributed by atoms with Crippen molar-refractivity contribution in [3.63, 3.8) is 0 Å². The number of piperidine rings is 1. The lowest BCUT2D eigenvalue weighted by molar-refractivity contribution is -0.140. The van der Waals surface area contributed by atoms with E-state index in [9.17, 15) is 9.59 Å². The van der Waals surface area contributed by atoms with E-state index < -0.39 is 11.9 Å². The third-order valence-electron chi connectivity index (χ3n) is 5.52. The molecule has 1 aliphatic heterocycles. The third kappa shape index (κ3) is 5.11. The van der Waals surface area contributed by atoms with Crippen molar-refractivity contribution in [1.82, 2.24) is 15.0 Å². The fourth-order valence-electron chi connectivity index (χ4n) is 3.76. The summed E-state index contributed by atoms with van der Waals surface area (Å²) in [5.74, 6) is -0.174. The van der Waals surface area contributed by atoms with E-state index in [4.69, 9.17) is 30.6 Å². The average molecular weight is 486 g/mol. The first-order valence-corrected chi connectivity index (χ1v) is 11.7. The van der Waals surface area contributed by atoms with Crippen LogP contribution in [0.15, 0.2) is 57.1 Å². The molecule has 0 saturated carbocycles. The number of nitrogens with zero attached hydrogens (tertiary/aromatic N) is 2. The van der Waals surface area contributed by atoms with E-state index in [0.29, 0.717) is 35.1 Å². The van der Waals surface area contributed by atoms with Crippen LogP contribution in [0.5, 0.6) is 0 Å². The number of carbonyl (C=O) groups excluding carboxylic acids is 1. The summed E-state index contributed by atoms with van der Waals surface area (Å²) in [7, 11) is 0. The van der Waals surface area contributed by atoms with Gasteiger partial charge in [-0.15, -0.1) is 16.4 Å². The summed E-state index contributed by atoms with van der Waals surface area (Å²) in [6.07, 6.45) is 0.929. The number of carbonyl (C=O) groups is 1. The number of ether oxygens (including phenoxy) is 1. The molecule has 1 aliphatic rings. The molecule has 170 valence electrons. The third-order valence-corrected chi connectivity index (χ3v) is 6.77. The van der Waals surface area contributed by atoms with Gasteiger partial charge >= 0.3 is 11.9 Å². The predicted octanol–water partition coefficient (Wildman–Crippen LogP) is 5.35. The first-order chi connectivity index (χ1) is 16.0. The summed E-state index contributed by atoms with van der Waals surface area (Å²) in [6.45, 7) is 1.35. The van der Waals surface area contributed by atoms with Gasteiger partial charge in [-0.1, -0.05) is 29.8 Å². The number of thiazole rings is 1. The van der Waals surface area contributed by atoms with Crippen LogP contribution in [0.3, 0.4) is 0 Å². The molecule has 1 N–H and O–H groups in total. The Morgan fingerprint density at radius 2 is 2.00 bits per heavy atom. The maximum Gasteiger partial charge on any atom is 0.528 e. The highest BCUT2D eigenvalue weighted by atomic mass is 35.5. The molecule has 10 heteroatoms. The molecule has 3 heterocycles. The summed E-state index contributed by atoms with van der Waals surface area (Å²) in [5.41, 5.74) is 3.77. The van der Waals surface area contributed by atoms with Crippen molar-refractivity contribution in [2.24, 2.45) is 0 Å². The monoisotopic (exact) mass is 485 g/mol. The molecule has 0 amide bonds. The zero-order chi connectivity index (χ0) is 22.8. The first kappa shape index (κ1) is 21.7. The van der Waals surface area contributed by atoms with Gasteiger partial charge in [0.2, 0.25) is 0 Å². The Hall–Kier alpha value is -3.14. The second-order valence-corrected chi connectivity index (χ2v) is 9.08. The van der Waals surface area contributed by atoms with Gasteiger partial charge in [-0.2, -0.15) is 0 Å². The van der Waals surface area contributed by atoms with Crippen LogP contribution in [0.4, 0.5) is 4.79 Å². The maximum absolute atomic E-state index is 12.0. The van der Waals surface area contributed by atoms with Crippen molar-refractivity contribution in [3.05, 3.63) is 74.0 Å². The highest BCUT2D eigenvalue weighted by Crippen LogP contribution is 2.33. The molecule has 33 heavy (non-hydrogen) atoms. The average Bonchev–Trinajstić information content (AvgIpc) is 3.45. The number of aromatic amines is 1. The van der Waals surface area contributed by atoms with Gasteiger partial charge in [0.25, 0.3) is 0 Å². The van der Waals surface area contributed by atoms with Crippen molar-refractivity contribution >= 4 is 40.2 Å². The number of fused-ring (bicyclic) bond motifs is 1. The molecule has 8 nitrogen and oxygen atoms in total. The number of benzene rings is 2. The van der Waals surface area contributed by atoms with Gasteiger partial charge < -0.3 is 14.0 Å². The highest BCUT2D eigenvalue weighted by molar-refractivity contribution is 7.10. The Kier molecular flexibility index (Phi) is 6.17. The summed E-state index contributed by atoms with van der Waals surface area (Å²) in [6, 6.07) is 12.6. The highest BCUT2D eigenvalue weighted by Gasteiger charge is 2.26. The maximum atomic E-state index is 12.0. The van der Waals surface area contributed by atoms with E-state index in [-0.39, 0.29) is 6.61 Å². The first-order valence-electron chi connectivity index (χ1n) is 10.5. The lowest BCUT2D eigenvalue weighted by Gasteiger charge is -2.28. The molecule has 0 atom stereocenters. The molecule has 0 aliphatic carbocycles. The number of hydrogen-bond acceptors (Lipinski definition) is 8. The van der Waals surface area contributed by atoms with Crippen LogP contribution < -0.4 is 5.76 Å². The topological polar surface area (TPSA) is 97.7 Å². The lowest BCUT2D eigenvalue weighted by Crippen LogP contribution is -2.35. The predicted molar refractivity (Wildman–Crippen MR) is 124 cm³/mol. The number of halogens is 1. The van der Waals surface area contributed by atoms with Crippen molar-refractivity contribution in [2.45, 2.75) is 25.4 Å². The SMILES string of the molecule is O=C(OCc1ccc(Cl)cc1)ON1CCC(c2nc(-c3ccc4[nH]c(=O)oc4c3)cs2)CC1. The molecular formula is C23H20ClN3O5S. The molecule has 2 aromatic heterocycles. The molecule has 0 spiro atoms. The van der Waals surface area contributed by atoms with Gasteiger partial charge in [0, 0.05) is 35.0 Å². The van der Waals surface area contributed by atoms with Gasteiger partial charge in [0.05, 0.1) is 16.2 Å². The summed E-state index contributed by atoms with van der Waals surface area (Å²) >= 11 is 7.47. The molecule has 2 aromatic carbocycles. The smallest absolute Gasteiger partial charge is 0.428 e. The normalized spacial score (nSPS) is 15.1. The quantitative estimate of drug-likeness (QED) is 0.381. The second kappa shape index (κ2) is 9.38. The molecule has 1 saturated heterocycles. The van der Waals surface area contributed by atoms with Gasteiger partial charge in [-0.3, -0.25) is 4.98 Å². The van der Waals surface area contributed by atoms with Crippen LogP contribution in [0.2, 0.25) is 5.02 Å². The molecule has 4 aromatic rings. The van der Waals surface area contributed by atoms with Crippen LogP contribution in [0.25, 0.3) is 22.4 Å². The van der Waals surface area contributed by atoms with E-state index in [1.54, 1.807) is 40.7 Å². The molecule has 0 unspecified atom stereocenters. The number of aromatic nitrogens is 2. The Morgan fingerprint density at radius 1 is 1.21 bits per heavy atom. The minimum absolute atomic E-state index is 0.131. The van der Waals surface area contributed by atoms with Crippen molar-refractivity contribution < 1.29 is 18.8 Å². The molecular weight excluding hydrogens is 466 g/mol. The zero-order valence-electron chi connectivity index (χ0n) is 17.5. The standard InChI is InChI=1S/C23H20ClN3O5S/c24-17-4-1-14(2-5-17)12-30-23(29)32-27-9-7-15(8-10-27)21-25-19(13-33-21)16-3-6-18-20(11-16)31-22(28)26-18/h1-6,11,13,15H,7-10,12H2,(H,26,28). The molecule has 1 fully saturated rings. The lowest BCUT2D eigenvalue weighted by atomic mass is 9.99. The van der Waals surface area contributed by atoms with Gasteiger partial charge in [-0.25, -0.2) is 14.6 Å². The van der Waals surface area contributed by atoms with E-state index in [2.05, 4.69) is 4.98 Å². The van der Waals surface area contributed by atoms with Gasteiger partial charge in [0.1, 0.15) is 6.61 Å². The Labute approximate surface area is 197 Å². The van der Waals surface area contributed by atoms with Crippen LogP contribution in [-0.4, -0.2) is 34.3 Å². The van der Waals surface area contributed by atoms with E-state index in [1.807, 2.05) is 23.6 Å². The fourth-order valence-corrected chi connectivity index (χ4v) is 4.89. The number of hydrogen-bond donors (Lipinski definition) is 1. The van der Waals surface area contributed by atoms with Crippen LogP contribution in [0.1, 0.15) is 29.3 Å². The second-order valence-electron chi connectivity index (χ2n) is 7.76. The van der Waals surface area contributed by atoms with E-state index in [1.165, 1.54) is 0 Å².